The fraction of sp³-hybridized carbons (Fsp3) is 0.286. The fourth-order valence-corrected chi connectivity index (χ4v) is 2.16. The predicted octanol–water partition coefficient (Wildman–Crippen LogP) is 1.46. The Morgan fingerprint density at radius 3 is 2.62 bits per heavy atom. The van der Waals surface area contributed by atoms with E-state index in [-0.39, 0.29) is 10.7 Å². The largest absolute Gasteiger partial charge is 0.497 e. The van der Waals surface area contributed by atoms with E-state index in [1.807, 2.05) is 0 Å². The smallest absolute Gasteiger partial charge is 0.337 e. The Bertz CT molecular complexity index is 676. The number of aliphatic hydroxyl groups is 2. The lowest BCUT2D eigenvalue weighted by Crippen LogP contribution is -2.29. The summed E-state index contributed by atoms with van der Waals surface area (Å²) in [4.78, 5) is 15.4. The van der Waals surface area contributed by atoms with Crippen molar-refractivity contribution in [1.29, 1.82) is 0 Å². The molecule has 7 heteroatoms. The topological polar surface area (TPSA) is 88.9 Å². The number of nitrogens with zero attached hydrogens (tertiary/aromatic N) is 1. The maximum Gasteiger partial charge on any atom is 0.337 e. The quantitative estimate of drug-likeness (QED) is 0.656. The van der Waals surface area contributed by atoms with Gasteiger partial charge in [0.25, 0.3) is 0 Å². The van der Waals surface area contributed by atoms with Gasteiger partial charge in [0.1, 0.15) is 17.0 Å². The van der Waals surface area contributed by atoms with E-state index in [1.54, 1.807) is 24.3 Å². The number of aromatic nitrogens is 1. The number of rotatable bonds is 4. The normalized spacial score (nSPS) is 13.8. The molecule has 0 radical (unpaired) electrons. The first-order chi connectivity index (χ1) is 9.97. The average Bonchev–Trinajstić information content (AvgIpc) is 2.51. The number of fused-ring (bicyclic) bond motifs is 1. The lowest BCUT2D eigenvalue weighted by molar-refractivity contribution is -0.156. The highest BCUT2D eigenvalue weighted by molar-refractivity contribution is 6.30. The minimum Gasteiger partial charge on any atom is -0.497 e. The summed E-state index contributed by atoms with van der Waals surface area (Å²) in [6.45, 7) is 0. The van der Waals surface area contributed by atoms with E-state index in [0.717, 1.165) is 7.11 Å². The van der Waals surface area contributed by atoms with Gasteiger partial charge in [-0.1, -0.05) is 11.6 Å². The molecule has 0 saturated carbocycles. The molecule has 2 atom stereocenters. The second-order valence-corrected chi connectivity index (χ2v) is 4.70. The fourth-order valence-electron chi connectivity index (χ4n) is 1.90. The molecule has 0 amide bonds. The molecule has 21 heavy (non-hydrogen) atoms. The number of hydrogen-bond donors (Lipinski definition) is 2. The van der Waals surface area contributed by atoms with E-state index in [0.29, 0.717) is 16.7 Å². The number of halogens is 1. The van der Waals surface area contributed by atoms with E-state index in [4.69, 9.17) is 16.3 Å². The number of hydrogen-bond acceptors (Lipinski definition) is 6. The van der Waals surface area contributed by atoms with Crippen LogP contribution in [0.1, 0.15) is 11.7 Å². The van der Waals surface area contributed by atoms with Crippen molar-refractivity contribution in [2.75, 3.05) is 14.2 Å². The first-order valence-electron chi connectivity index (χ1n) is 6.06. The lowest BCUT2D eigenvalue weighted by Gasteiger charge is -2.17. The van der Waals surface area contributed by atoms with E-state index in [9.17, 15) is 15.0 Å². The minimum absolute atomic E-state index is 0.00289. The maximum atomic E-state index is 11.3. The highest BCUT2D eigenvalue weighted by atomic mass is 35.5. The van der Waals surface area contributed by atoms with E-state index >= 15 is 0 Å². The molecule has 2 rings (SSSR count). The number of ether oxygens (including phenoxy) is 2. The molecule has 0 fully saturated rings. The predicted molar refractivity (Wildman–Crippen MR) is 76.3 cm³/mol. The summed E-state index contributed by atoms with van der Waals surface area (Å²) in [5, 5.41) is 20.4. The molecule has 0 aliphatic rings. The van der Waals surface area contributed by atoms with E-state index in [2.05, 4.69) is 9.72 Å². The highest BCUT2D eigenvalue weighted by Crippen LogP contribution is 2.29. The van der Waals surface area contributed by atoms with E-state index in [1.165, 1.54) is 7.11 Å². The van der Waals surface area contributed by atoms with Crippen molar-refractivity contribution in [3.63, 3.8) is 0 Å². The van der Waals surface area contributed by atoms with Crippen molar-refractivity contribution in [2.45, 2.75) is 12.2 Å². The third-order valence-electron chi connectivity index (χ3n) is 3.06. The zero-order chi connectivity index (χ0) is 15.6. The number of benzene rings is 1. The summed E-state index contributed by atoms with van der Waals surface area (Å²) in [5.41, 5.74) is 0.736. The summed E-state index contributed by atoms with van der Waals surface area (Å²) in [6.07, 6.45) is -3.27. The summed E-state index contributed by atoms with van der Waals surface area (Å²) in [7, 11) is 2.64. The first kappa shape index (κ1) is 15.5. The van der Waals surface area contributed by atoms with Crippen LogP contribution >= 0.6 is 11.6 Å². The number of esters is 1. The molecule has 1 aromatic carbocycles. The van der Waals surface area contributed by atoms with Crippen LogP contribution in [0, 0.1) is 0 Å². The van der Waals surface area contributed by atoms with Crippen molar-refractivity contribution >= 4 is 28.5 Å². The maximum absolute atomic E-state index is 11.3. The Balaban J connectivity index is 2.47. The molecule has 2 N–H and O–H groups in total. The van der Waals surface area contributed by atoms with Crippen LogP contribution in [0.25, 0.3) is 10.9 Å². The third-order valence-corrected chi connectivity index (χ3v) is 3.37. The Kier molecular flexibility index (Phi) is 4.62. The Morgan fingerprint density at radius 1 is 1.29 bits per heavy atom. The summed E-state index contributed by atoms with van der Waals surface area (Å²) >= 11 is 6.00. The van der Waals surface area contributed by atoms with Crippen molar-refractivity contribution in [2.24, 2.45) is 0 Å². The van der Waals surface area contributed by atoms with Gasteiger partial charge in [0.2, 0.25) is 0 Å². The van der Waals surface area contributed by atoms with Crippen LogP contribution in [-0.4, -0.2) is 41.5 Å². The van der Waals surface area contributed by atoms with Crippen molar-refractivity contribution < 1.29 is 24.5 Å². The monoisotopic (exact) mass is 311 g/mol. The highest BCUT2D eigenvalue weighted by Gasteiger charge is 2.28. The zero-order valence-corrected chi connectivity index (χ0v) is 12.2. The molecule has 1 heterocycles. The van der Waals surface area contributed by atoms with Gasteiger partial charge in [0, 0.05) is 10.9 Å². The van der Waals surface area contributed by atoms with Crippen LogP contribution < -0.4 is 4.74 Å². The summed E-state index contributed by atoms with van der Waals surface area (Å²) < 4.78 is 9.50. The van der Waals surface area contributed by atoms with Crippen LogP contribution in [0.2, 0.25) is 5.15 Å². The van der Waals surface area contributed by atoms with Gasteiger partial charge < -0.3 is 19.7 Å². The second-order valence-electron chi connectivity index (χ2n) is 4.34. The molecule has 0 aliphatic heterocycles. The molecular formula is C14H14ClNO5. The molecule has 1 aromatic heterocycles. The number of carbonyl (C=O) groups excluding carboxylic acids is 1. The van der Waals surface area contributed by atoms with Crippen LogP contribution in [-0.2, 0) is 9.53 Å². The molecule has 0 spiro atoms. The summed E-state index contributed by atoms with van der Waals surface area (Å²) in [6, 6.07) is 6.70. The molecule has 0 bridgehead atoms. The number of aliphatic hydroxyl groups excluding tert-OH is 2. The SMILES string of the molecule is COC(=O)C(O)C(O)c1cc2cc(OC)ccc2nc1Cl. The van der Waals surface area contributed by atoms with Crippen LogP contribution in [0.3, 0.4) is 0 Å². The lowest BCUT2D eigenvalue weighted by atomic mass is 10.0. The van der Waals surface area contributed by atoms with Gasteiger partial charge in [-0.05, 0) is 24.3 Å². The van der Waals surface area contributed by atoms with Gasteiger partial charge in [-0.25, -0.2) is 9.78 Å². The number of methoxy groups -OCH3 is 2. The van der Waals surface area contributed by atoms with E-state index < -0.39 is 18.2 Å². The second kappa shape index (κ2) is 6.26. The Labute approximate surface area is 125 Å². The standard InChI is InChI=1S/C14H14ClNO5/c1-20-8-3-4-10-7(5-8)6-9(13(15)16-10)11(17)12(18)14(19)21-2/h3-6,11-12,17-18H,1-2H3. The van der Waals surface area contributed by atoms with Crippen molar-refractivity contribution in [3.8, 4) is 5.75 Å². The van der Waals surface area contributed by atoms with Gasteiger partial charge in [-0.15, -0.1) is 0 Å². The molecule has 0 aliphatic carbocycles. The number of pyridine rings is 1. The van der Waals surface area contributed by atoms with Crippen LogP contribution in [0.4, 0.5) is 0 Å². The summed E-state index contributed by atoms with van der Waals surface area (Å²) in [5.74, 6) is -0.343. The van der Waals surface area contributed by atoms with Gasteiger partial charge in [-0.2, -0.15) is 0 Å². The van der Waals surface area contributed by atoms with Gasteiger partial charge >= 0.3 is 5.97 Å². The molecular weight excluding hydrogens is 298 g/mol. The third kappa shape index (κ3) is 3.07. The molecule has 2 unspecified atom stereocenters. The van der Waals surface area contributed by atoms with Gasteiger partial charge in [-0.3, -0.25) is 0 Å². The van der Waals surface area contributed by atoms with Crippen LogP contribution in [0.5, 0.6) is 5.75 Å². The van der Waals surface area contributed by atoms with Crippen LogP contribution in [0.15, 0.2) is 24.3 Å². The molecule has 6 nitrogen and oxygen atoms in total. The molecule has 112 valence electrons. The van der Waals surface area contributed by atoms with Gasteiger partial charge in [0.15, 0.2) is 6.10 Å². The van der Waals surface area contributed by atoms with Crippen molar-refractivity contribution in [1.82, 2.24) is 4.98 Å². The Hall–Kier alpha value is -1.89. The molecule has 2 aromatic rings. The minimum atomic E-state index is -1.74. The zero-order valence-electron chi connectivity index (χ0n) is 11.4. The average molecular weight is 312 g/mol. The van der Waals surface area contributed by atoms with Crippen molar-refractivity contribution in [3.05, 3.63) is 35.0 Å². The van der Waals surface area contributed by atoms with Gasteiger partial charge in [0.05, 0.1) is 19.7 Å². The number of carbonyl (C=O) groups is 1. The Morgan fingerprint density at radius 2 is 2.00 bits per heavy atom. The molecule has 0 saturated heterocycles. The first-order valence-corrected chi connectivity index (χ1v) is 6.44.